The number of nitrogens with zero attached hydrogens (tertiary/aromatic N) is 3. The van der Waals surface area contributed by atoms with Crippen molar-refractivity contribution < 1.29 is 0 Å². The highest BCUT2D eigenvalue weighted by atomic mass is 35.5. The molecule has 2 rings (SSSR count). The predicted molar refractivity (Wildman–Crippen MR) is 46.9 cm³/mol. The average Bonchev–Trinajstić information content (AvgIpc) is 2.29. The van der Waals surface area contributed by atoms with Crippen LogP contribution in [-0.4, -0.2) is 14.6 Å². The second-order valence-electron chi connectivity index (χ2n) is 2.23. The number of aryl methyl sites for hydroxylation is 1. The lowest BCUT2D eigenvalue weighted by molar-refractivity contribution is 0.911. The summed E-state index contributed by atoms with van der Waals surface area (Å²) >= 11 is 7.08. The highest BCUT2D eigenvalue weighted by molar-refractivity contribution is 7.16. The molecule has 0 spiro atoms. The molecule has 0 radical (unpaired) electrons. The molecule has 0 aliphatic carbocycles. The van der Waals surface area contributed by atoms with Gasteiger partial charge in [0.2, 0.25) is 4.96 Å². The molecule has 0 saturated heterocycles. The van der Waals surface area contributed by atoms with Crippen molar-refractivity contribution in [2.75, 3.05) is 0 Å². The maximum absolute atomic E-state index is 10.9. The molecule has 2 heterocycles. The third-order valence-corrected chi connectivity index (χ3v) is 2.40. The van der Waals surface area contributed by atoms with Gasteiger partial charge in [-0.25, -0.2) is 0 Å². The fraction of sp³-hybridized carbons (Fsp3) is 0.167. The van der Waals surface area contributed by atoms with Gasteiger partial charge in [-0.2, -0.15) is 14.6 Å². The van der Waals surface area contributed by atoms with Crippen LogP contribution in [0.3, 0.4) is 0 Å². The molecule has 12 heavy (non-hydrogen) atoms. The summed E-state index contributed by atoms with van der Waals surface area (Å²) in [5.74, 6) is 0. The van der Waals surface area contributed by atoms with Gasteiger partial charge >= 0.3 is 0 Å². The molecule has 0 unspecified atom stereocenters. The Kier molecular flexibility index (Phi) is 1.62. The smallest absolute Gasteiger partial charge is 0.267 e. The van der Waals surface area contributed by atoms with Crippen LogP contribution in [0.1, 0.15) is 5.01 Å². The summed E-state index contributed by atoms with van der Waals surface area (Å²) in [5.41, 5.74) is -0.330. The van der Waals surface area contributed by atoms with Gasteiger partial charge in [-0.15, -0.1) is 0 Å². The molecule has 0 aliphatic rings. The van der Waals surface area contributed by atoms with Crippen molar-refractivity contribution in [1.82, 2.24) is 14.6 Å². The monoisotopic (exact) mass is 201 g/mol. The fourth-order valence-corrected chi connectivity index (χ4v) is 1.89. The fourth-order valence-electron chi connectivity index (χ4n) is 0.878. The number of fused-ring (bicyclic) bond motifs is 1. The zero-order chi connectivity index (χ0) is 8.72. The maximum Gasteiger partial charge on any atom is 0.275 e. The van der Waals surface area contributed by atoms with E-state index in [1.807, 2.05) is 6.92 Å². The van der Waals surface area contributed by atoms with Crippen LogP contribution in [0.25, 0.3) is 4.96 Å². The van der Waals surface area contributed by atoms with Gasteiger partial charge < -0.3 is 0 Å². The van der Waals surface area contributed by atoms with E-state index < -0.39 is 0 Å². The first kappa shape index (κ1) is 7.70. The number of hydrogen-bond donors (Lipinski definition) is 0. The summed E-state index contributed by atoms with van der Waals surface area (Å²) in [5, 5.41) is 5.18. The number of aromatic nitrogens is 3. The van der Waals surface area contributed by atoms with E-state index in [9.17, 15) is 4.79 Å². The van der Waals surface area contributed by atoms with E-state index in [-0.39, 0.29) is 5.56 Å². The Hall–Kier alpha value is -0.940. The molecule has 6 heteroatoms. The third-order valence-electron chi connectivity index (χ3n) is 1.31. The molecular weight excluding hydrogens is 198 g/mol. The first-order valence-corrected chi connectivity index (χ1v) is 4.39. The number of hydrogen-bond acceptors (Lipinski definition) is 4. The van der Waals surface area contributed by atoms with Crippen molar-refractivity contribution in [3.05, 3.63) is 26.6 Å². The Labute approximate surface area is 76.4 Å². The molecule has 0 saturated carbocycles. The van der Waals surface area contributed by atoms with Gasteiger partial charge in [0, 0.05) is 6.07 Å². The molecular formula is C6H4ClN3OS. The van der Waals surface area contributed by atoms with E-state index in [0.717, 1.165) is 5.01 Å². The molecule has 2 aromatic heterocycles. The molecule has 0 amide bonds. The van der Waals surface area contributed by atoms with Crippen molar-refractivity contribution in [2.24, 2.45) is 0 Å². The van der Waals surface area contributed by atoms with Crippen LogP contribution in [0.15, 0.2) is 10.9 Å². The normalized spacial score (nSPS) is 10.8. The van der Waals surface area contributed by atoms with Crippen LogP contribution in [0.5, 0.6) is 0 Å². The second kappa shape index (κ2) is 2.53. The lowest BCUT2D eigenvalue weighted by Crippen LogP contribution is -2.06. The summed E-state index contributed by atoms with van der Waals surface area (Å²) in [6.07, 6.45) is 0. The Balaban J connectivity index is 2.97. The first-order chi connectivity index (χ1) is 5.66. The molecule has 0 aromatic carbocycles. The van der Waals surface area contributed by atoms with E-state index in [4.69, 9.17) is 11.6 Å². The average molecular weight is 202 g/mol. The second-order valence-corrected chi connectivity index (χ2v) is 3.78. The van der Waals surface area contributed by atoms with Crippen molar-refractivity contribution >= 4 is 27.9 Å². The zero-order valence-electron chi connectivity index (χ0n) is 6.11. The lowest BCUT2D eigenvalue weighted by Gasteiger charge is -1.90. The minimum atomic E-state index is -0.330. The third kappa shape index (κ3) is 1.11. The Morgan fingerprint density at radius 1 is 1.67 bits per heavy atom. The molecule has 2 aromatic rings. The molecule has 0 atom stereocenters. The summed E-state index contributed by atoms with van der Waals surface area (Å²) in [4.78, 5) is 15.2. The van der Waals surface area contributed by atoms with Crippen LogP contribution < -0.4 is 5.56 Å². The van der Waals surface area contributed by atoms with Gasteiger partial charge in [0.15, 0.2) is 0 Å². The van der Waals surface area contributed by atoms with Crippen LogP contribution in [-0.2, 0) is 0 Å². The van der Waals surface area contributed by atoms with Gasteiger partial charge in [0.05, 0.1) is 0 Å². The molecule has 0 aliphatic heterocycles. The Morgan fingerprint density at radius 2 is 2.42 bits per heavy atom. The Morgan fingerprint density at radius 3 is 3.17 bits per heavy atom. The molecule has 0 fully saturated rings. The maximum atomic E-state index is 10.9. The van der Waals surface area contributed by atoms with E-state index in [1.165, 1.54) is 21.9 Å². The van der Waals surface area contributed by atoms with Crippen molar-refractivity contribution in [1.29, 1.82) is 0 Å². The summed E-state index contributed by atoms with van der Waals surface area (Å²) in [6, 6.07) is 1.24. The summed E-state index contributed by atoms with van der Waals surface area (Å²) in [7, 11) is 0. The van der Waals surface area contributed by atoms with Crippen molar-refractivity contribution in [2.45, 2.75) is 6.92 Å². The topological polar surface area (TPSA) is 47.3 Å². The van der Waals surface area contributed by atoms with Gasteiger partial charge in [-0.3, -0.25) is 4.79 Å². The highest BCUT2D eigenvalue weighted by Gasteiger charge is 2.04. The number of rotatable bonds is 0. The number of halogens is 1. The predicted octanol–water partition coefficient (Wildman–Crippen LogP) is 1.11. The molecule has 4 nitrogen and oxygen atoms in total. The van der Waals surface area contributed by atoms with Crippen LogP contribution in [0, 0.1) is 6.92 Å². The highest BCUT2D eigenvalue weighted by Crippen LogP contribution is 2.13. The van der Waals surface area contributed by atoms with E-state index in [0.29, 0.717) is 10.1 Å². The summed E-state index contributed by atoms with van der Waals surface area (Å²) in [6.45, 7) is 1.83. The summed E-state index contributed by atoms with van der Waals surface area (Å²) < 4.78 is 1.45. The minimum absolute atomic E-state index is 0.300. The van der Waals surface area contributed by atoms with Gasteiger partial charge in [-0.05, 0) is 6.92 Å². The first-order valence-electron chi connectivity index (χ1n) is 3.20. The molecule has 0 bridgehead atoms. The zero-order valence-corrected chi connectivity index (χ0v) is 7.69. The quantitative estimate of drug-likeness (QED) is 0.600. The SMILES string of the molecule is Cc1nn2c(Cl)cc(=O)nc2s1. The standard InChI is InChI=1S/C6H4ClN3OS/c1-3-9-10-4(7)2-5(11)8-6(10)12-3/h2H,1H3. The lowest BCUT2D eigenvalue weighted by atomic mass is 10.7. The van der Waals surface area contributed by atoms with E-state index >= 15 is 0 Å². The van der Waals surface area contributed by atoms with Crippen LogP contribution in [0.4, 0.5) is 0 Å². The Bertz CT molecular complexity index is 489. The van der Waals surface area contributed by atoms with Crippen LogP contribution in [0.2, 0.25) is 5.15 Å². The van der Waals surface area contributed by atoms with E-state index in [2.05, 4.69) is 10.1 Å². The van der Waals surface area contributed by atoms with Crippen molar-refractivity contribution in [3.8, 4) is 0 Å². The molecule has 0 N–H and O–H groups in total. The van der Waals surface area contributed by atoms with Crippen LogP contribution >= 0.6 is 22.9 Å². The minimum Gasteiger partial charge on any atom is -0.267 e. The van der Waals surface area contributed by atoms with E-state index in [1.54, 1.807) is 0 Å². The van der Waals surface area contributed by atoms with Crippen molar-refractivity contribution in [3.63, 3.8) is 0 Å². The van der Waals surface area contributed by atoms with Gasteiger partial charge in [-0.1, -0.05) is 22.9 Å². The van der Waals surface area contributed by atoms with Gasteiger partial charge in [0.25, 0.3) is 5.56 Å². The van der Waals surface area contributed by atoms with Gasteiger partial charge in [0.1, 0.15) is 10.2 Å². The molecule has 62 valence electrons. The largest absolute Gasteiger partial charge is 0.275 e.